The number of aryl methyl sites for hydroxylation is 2. The van der Waals surface area contributed by atoms with Gasteiger partial charge in [0.1, 0.15) is 17.4 Å². The molecule has 0 unspecified atom stereocenters. The summed E-state index contributed by atoms with van der Waals surface area (Å²) in [5, 5.41) is 7.56. The van der Waals surface area contributed by atoms with Crippen LogP contribution in [-0.4, -0.2) is 39.9 Å². The van der Waals surface area contributed by atoms with Gasteiger partial charge in [-0.05, 0) is 32.0 Å². The van der Waals surface area contributed by atoms with Gasteiger partial charge in [-0.3, -0.25) is 5.10 Å². The molecule has 1 aliphatic heterocycles. The van der Waals surface area contributed by atoms with Crippen LogP contribution in [0.2, 0.25) is 0 Å². The summed E-state index contributed by atoms with van der Waals surface area (Å²) in [6.07, 6.45) is -0.285. The van der Waals surface area contributed by atoms with E-state index in [4.69, 9.17) is 4.74 Å². The quantitative estimate of drug-likeness (QED) is 0.774. The fourth-order valence-electron chi connectivity index (χ4n) is 3.13. The summed E-state index contributed by atoms with van der Waals surface area (Å²) in [6.45, 7) is 5.25. The van der Waals surface area contributed by atoms with E-state index in [1.165, 1.54) is 0 Å². The van der Waals surface area contributed by atoms with Crippen molar-refractivity contribution in [2.24, 2.45) is 0 Å². The lowest BCUT2D eigenvalue weighted by Crippen LogP contribution is -2.39. The van der Waals surface area contributed by atoms with Crippen molar-refractivity contribution in [1.29, 1.82) is 0 Å². The minimum atomic E-state index is -0.920. The SMILES string of the molecule is Cc1cc(N2CCO[C@H](c3n[nH]c(C)n3)C2)c2ccc(F)c(F)c2n1. The number of hydrogen-bond acceptors (Lipinski definition) is 5. The summed E-state index contributed by atoms with van der Waals surface area (Å²) in [7, 11) is 0. The van der Waals surface area contributed by atoms with Gasteiger partial charge in [0.2, 0.25) is 0 Å². The second-order valence-electron chi connectivity index (χ2n) is 6.12. The molecule has 2 aromatic heterocycles. The monoisotopic (exact) mass is 345 g/mol. The second-order valence-corrected chi connectivity index (χ2v) is 6.12. The summed E-state index contributed by atoms with van der Waals surface area (Å²) >= 11 is 0. The normalized spacial score (nSPS) is 18.1. The van der Waals surface area contributed by atoms with Crippen molar-refractivity contribution in [3.05, 3.63) is 47.2 Å². The number of pyridine rings is 1. The highest BCUT2D eigenvalue weighted by Gasteiger charge is 2.27. The molecule has 3 aromatic rings. The molecule has 1 N–H and O–H groups in total. The molecule has 25 heavy (non-hydrogen) atoms. The first-order chi connectivity index (χ1) is 12.0. The van der Waals surface area contributed by atoms with Crippen molar-refractivity contribution < 1.29 is 13.5 Å². The topological polar surface area (TPSA) is 66.9 Å². The Morgan fingerprint density at radius 1 is 1.24 bits per heavy atom. The third-order valence-electron chi connectivity index (χ3n) is 4.29. The maximum atomic E-state index is 14.2. The lowest BCUT2D eigenvalue weighted by Gasteiger charge is -2.34. The van der Waals surface area contributed by atoms with Crippen LogP contribution in [-0.2, 0) is 4.74 Å². The fraction of sp³-hybridized carbons (Fsp3) is 0.353. The van der Waals surface area contributed by atoms with E-state index < -0.39 is 11.6 Å². The van der Waals surface area contributed by atoms with Crippen LogP contribution in [0.15, 0.2) is 18.2 Å². The van der Waals surface area contributed by atoms with Gasteiger partial charge in [0.05, 0.1) is 13.2 Å². The van der Waals surface area contributed by atoms with Gasteiger partial charge < -0.3 is 9.64 Å². The molecule has 6 nitrogen and oxygen atoms in total. The second kappa shape index (κ2) is 6.03. The first kappa shape index (κ1) is 15.9. The molecule has 1 saturated heterocycles. The van der Waals surface area contributed by atoms with Crippen molar-refractivity contribution in [3.63, 3.8) is 0 Å². The molecule has 0 aliphatic carbocycles. The minimum Gasteiger partial charge on any atom is -0.366 e. The van der Waals surface area contributed by atoms with Gasteiger partial charge in [-0.15, -0.1) is 0 Å². The number of ether oxygens (including phenoxy) is 1. The van der Waals surface area contributed by atoms with Crippen LogP contribution < -0.4 is 4.90 Å². The number of fused-ring (bicyclic) bond motifs is 1. The number of aromatic amines is 1. The lowest BCUT2D eigenvalue weighted by atomic mass is 10.1. The van der Waals surface area contributed by atoms with E-state index in [1.807, 2.05) is 13.0 Å². The number of hydrogen-bond donors (Lipinski definition) is 1. The lowest BCUT2D eigenvalue weighted by molar-refractivity contribution is 0.0343. The van der Waals surface area contributed by atoms with Gasteiger partial charge in [0.15, 0.2) is 17.5 Å². The minimum absolute atomic E-state index is 0.0479. The maximum absolute atomic E-state index is 14.2. The Morgan fingerprint density at radius 2 is 2.08 bits per heavy atom. The Hall–Kier alpha value is -2.61. The van der Waals surface area contributed by atoms with Gasteiger partial charge >= 0.3 is 0 Å². The van der Waals surface area contributed by atoms with Crippen LogP contribution in [0.1, 0.15) is 23.4 Å². The van der Waals surface area contributed by atoms with Crippen LogP contribution in [0.5, 0.6) is 0 Å². The first-order valence-electron chi connectivity index (χ1n) is 8.04. The Kier molecular flexibility index (Phi) is 3.84. The average molecular weight is 345 g/mol. The molecule has 0 radical (unpaired) electrons. The number of benzene rings is 1. The molecule has 8 heteroatoms. The standard InChI is InChI=1S/C17H17F2N5O/c1-9-7-13(11-3-4-12(18)15(19)16(11)20-9)24-5-6-25-14(8-24)17-21-10(2)22-23-17/h3-4,7,14H,5-6,8H2,1-2H3,(H,21,22,23)/t14-/m0/s1. The van der Waals surface area contributed by atoms with Crippen LogP contribution in [0.25, 0.3) is 10.9 Å². The van der Waals surface area contributed by atoms with E-state index in [2.05, 4.69) is 25.1 Å². The molecule has 1 aliphatic rings. The Morgan fingerprint density at radius 3 is 2.84 bits per heavy atom. The zero-order valence-electron chi connectivity index (χ0n) is 13.9. The molecule has 4 rings (SSSR count). The van der Waals surface area contributed by atoms with Crippen molar-refractivity contribution in [2.75, 3.05) is 24.6 Å². The van der Waals surface area contributed by atoms with Gasteiger partial charge in [-0.25, -0.2) is 18.7 Å². The number of nitrogens with zero attached hydrogens (tertiary/aromatic N) is 4. The predicted octanol–water partition coefficient (Wildman–Crippen LogP) is 2.83. The molecule has 1 atom stereocenters. The molecule has 1 aromatic carbocycles. The van der Waals surface area contributed by atoms with E-state index in [0.717, 1.165) is 17.6 Å². The molecule has 130 valence electrons. The number of morpholine rings is 1. The van der Waals surface area contributed by atoms with E-state index in [-0.39, 0.29) is 11.6 Å². The average Bonchev–Trinajstić information content (AvgIpc) is 3.04. The van der Waals surface area contributed by atoms with Crippen molar-refractivity contribution in [3.8, 4) is 0 Å². The van der Waals surface area contributed by atoms with Crippen molar-refractivity contribution in [2.45, 2.75) is 20.0 Å². The summed E-state index contributed by atoms with van der Waals surface area (Å²) in [5.41, 5.74) is 1.48. The van der Waals surface area contributed by atoms with Crippen LogP contribution in [0.3, 0.4) is 0 Å². The number of aromatic nitrogens is 4. The number of nitrogens with one attached hydrogen (secondary N) is 1. The van der Waals surface area contributed by atoms with Gasteiger partial charge in [-0.1, -0.05) is 0 Å². The zero-order valence-corrected chi connectivity index (χ0v) is 13.9. The van der Waals surface area contributed by atoms with Crippen LogP contribution in [0.4, 0.5) is 14.5 Å². The number of anilines is 1. The van der Waals surface area contributed by atoms with E-state index in [1.54, 1.807) is 13.0 Å². The largest absolute Gasteiger partial charge is 0.366 e. The smallest absolute Gasteiger partial charge is 0.185 e. The molecule has 0 amide bonds. The molecule has 0 spiro atoms. The molecule has 1 fully saturated rings. The van der Waals surface area contributed by atoms with Crippen molar-refractivity contribution in [1.82, 2.24) is 20.2 Å². The maximum Gasteiger partial charge on any atom is 0.185 e. The Labute approximate surface area is 142 Å². The summed E-state index contributed by atoms with van der Waals surface area (Å²) < 4.78 is 33.5. The third-order valence-corrected chi connectivity index (χ3v) is 4.29. The highest BCUT2D eigenvalue weighted by Crippen LogP contribution is 2.32. The number of H-pyrrole nitrogens is 1. The van der Waals surface area contributed by atoms with Crippen molar-refractivity contribution >= 4 is 16.6 Å². The third kappa shape index (κ3) is 2.82. The van der Waals surface area contributed by atoms with Gasteiger partial charge in [0, 0.05) is 23.3 Å². The van der Waals surface area contributed by atoms with Crippen LogP contribution >= 0.6 is 0 Å². The summed E-state index contributed by atoms with van der Waals surface area (Å²) in [6, 6.07) is 4.58. The molecule has 3 heterocycles. The first-order valence-corrected chi connectivity index (χ1v) is 8.04. The number of rotatable bonds is 2. The Balaban J connectivity index is 1.75. The highest BCUT2D eigenvalue weighted by atomic mass is 19.2. The molecular weight excluding hydrogens is 328 g/mol. The summed E-state index contributed by atoms with van der Waals surface area (Å²) in [5.74, 6) is -0.502. The van der Waals surface area contributed by atoms with Crippen LogP contribution in [0, 0.1) is 25.5 Å². The summed E-state index contributed by atoms with van der Waals surface area (Å²) in [4.78, 5) is 10.6. The van der Waals surface area contributed by atoms with Gasteiger partial charge in [-0.2, -0.15) is 5.10 Å². The molecular formula is C17H17F2N5O. The molecule has 0 bridgehead atoms. The highest BCUT2D eigenvalue weighted by molar-refractivity contribution is 5.92. The van der Waals surface area contributed by atoms with E-state index in [9.17, 15) is 8.78 Å². The fourth-order valence-corrected chi connectivity index (χ4v) is 3.13. The number of halogens is 2. The van der Waals surface area contributed by atoms with Gasteiger partial charge in [0.25, 0.3) is 0 Å². The Bertz CT molecular complexity index is 942. The predicted molar refractivity (Wildman–Crippen MR) is 88.4 cm³/mol. The zero-order chi connectivity index (χ0) is 17.6. The van der Waals surface area contributed by atoms with E-state index in [0.29, 0.717) is 36.6 Å². The molecule has 0 saturated carbocycles. The van der Waals surface area contributed by atoms with E-state index >= 15 is 0 Å².